The van der Waals surface area contributed by atoms with Crippen molar-refractivity contribution in [1.29, 1.82) is 5.26 Å². The topological polar surface area (TPSA) is 130 Å². The van der Waals surface area contributed by atoms with Crippen LogP contribution in [0.4, 0.5) is 5.69 Å². The summed E-state index contributed by atoms with van der Waals surface area (Å²) in [5.74, 6) is 0. The van der Waals surface area contributed by atoms with Crippen molar-refractivity contribution < 1.29 is 16.8 Å². The number of sulfonamides is 2. The minimum Gasteiger partial charge on any atom is -0.279 e. The van der Waals surface area contributed by atoms with Crippen molar-refractivity contribution in [1.82, 2.24) is 0 Å². The molecule has 1 atom stereocenters. The lowest BCUT2D eigenvalue weighted by atomic mass is 10.3. The summed E-state index contributed by atoms with van der Waals surface area (Å²) in [6.45, 7) is 1.53. The van der Waals surface area contributed by atoms with Crippen LogP contribution in [-0.4, -0.2) is 22.1 Å². The number of primary sulfonamides is 1. The van der Waals surface area contributed by atoms with Gasteiger partial charge in [-0.05, 0) is 18.6 Å². The van der Waals surface area contributed by atoms with Crippen LogP contribution in [0.1, 0.15) is 13.3 Å². The zero-order valence-corrected chi connectivity index (χ0v) is 13.8. The fourth-order valence-electron chi connectivity index (χ4n) is 1.41. The molecule has 3 N–H and O–H groups in total. The Bertz CT molecular complexity index is 777. The molecular formula is C10H11Cl2N3O4S2. The zero-order valence-electron chi connectivity index (χ0n) is 10.7. The van der Waals surface area contributed by atoms with Crippen LogP contribution < -0.4 is 9.86 Å². The van der Waals surface area contributed by atoms with Crippen LogP contribution in [-0.2, 0) is 20.0 Å². The number of nitriles is 1. The maximum atomic E-state index is 12.0. The molecule has 0 saturated heterocycles. The van der Waals surface area contributed by atoms with Crippen molar-refractivity contribution >= 4 is 48.9 Å². The summed E-state index contributed by atoms with van der Waals surface area (Å²) in [6.07, 6.45) is 0.0658. The summed E-state index contributed by atoms with van der Waals surface area (Å²) in [7, 11) is -8.06. The molecule has 0 heterocycles. The van der Waals surface area contributed by atoms with Crippen LogP contribution >= 0.6 is 23.2 Å². The van der Waals surface area contributed by atoms with Gasteiger partial charge in [-0.1, -0.05) is 30.1 Å². The first kappa shape index (κ1) is 18.0. The van der Waals surface area contributed by atoms with Gasteiger partial charge in [0.1, 0.15) is 0 Å². The Morgan fingerprint density at radius 3 is 2.10 bits per heavy atom. The van der Waals surface area contributed by atoms with Crippen molar-refractivity contribution in [3.8, 4) is 6.07 Å². The van der Waals surface area contributed by atoms with E-state index in [4.69, 9.17) is 33.6 Å². The van der Waals surface area contributed by atoms with E-state index in [0.717, 1.165) is 12.1 Å². The number of nitrogens with two attached hydrogens (primary N) is 1. The van der Waals surface area contributed by atoms with E-state index in [9.17, 15) is 16.8 Å². The second-order valence-electron chi connectivity index (χ2n) is 3.98. The molecule has 0 aliphatic rings. The molecule has 1 aromatic carbocycles. The highest BCUT2D eigenvalue weighted by Gasteiger charge is 2.26. The molecule has 116 valence electrons. The van der Waals surface area contributed by atoms with Crippen molar-refractivity contribution in [2.45, 2.75) is 23.5 Å². The molecule has 0 spiro atoms. The Balaban J connectivity index is 3.33. The lowest BCUT2D eigenvalue weighted by Crippen LogP contribution is -2.26. The van der Waals surface area contributed by atoms with Gasteiger partial charge < -0.3 is 0 Å². The predicted octanol–water partition coefficient (Wildman–Crippen LogP) is 1.68. The van der Waals surface area contributed by atoms with E-state index in [2.05, 4.69) is 4.72 Å². The zero-order chi connectivity index (χ0) is 16.4. The number of halogens is 2. The van der Waals surface area contributed by atoms with Gasteiger partial charge in [0.05, 0.1) is 26.7 Å². The van der Waals surface area contributed by atoms with E-state index in [1.807, 2.05) is 0 Å². The molecule has 0 aliphatic heterocycles. The quantitative estimate of drug-likeness (QED) is 0.812. The van der Waals surface area contributed by atoms with Crippen LogP contribution in [0.2, 0.25) is 10.0 Å². The van der Waals surface area contributed by atoms with Gasteiger partial charge in [-0.15, -0.1) is 0 Å². The van der Waals surface area contributed by atoms with Gasteiger partial charge in [0.15, 0.2) is 5.25 Å². The normalized spacial score (nSPS) is 13.5. The van der Waals surface area contributed by atoms with Gasteiger partial charge in [-0.2, -0.15) is 5.26 Å². The van der Waals surface area contributed by atoms with Crippen molar-refractivity contribution in [2.24, 2.45) is 5.14 Å². The first-order valence-electron chi connectivity index (χ1n) is 5.46. The minimum atomic E-state index is -4.03. The molecule has 1 aromatic rings. The lowest BCUT2D eigenvalue weighted by molar-refractivity contribution is 0.592. The maximum Gasteiger partial charge on any atom is 0.249 e. The first-order chi connectivity index (χ1) is 9.52. The molecule has 11 heteroatoms. The summed E-state index contributed by atoms with van der Waals surface area (Å²) in [4.78, 5) is -0.354. The van der Waals surface area contributed by atoms with Crippen molar-refractivity contribution in [2.75, 3.05) is 4.72 Å². The summed E-state index contributed by atoms with van der Waals surface area (Å²) in [6, 6.07) is 3.57. The monoisotopic (exact) mass is 371 g/mol. The average Bonchev–Trinajstić information content (AvgIpc) is 2.33. The highest BCUT2D eigenvalue weighted by Crippen LogP contribution is 2.34. The Morgan fingerprint density at radius 1 is 1.29 bits per heavy atom. The summed E-state index contributed by atoms with van der Waals surface area (Å²) in [5, 5.41) is 12.0. The van der Waals surface area contributed by atoms with Crippen molar-refractivity contribution in [3.05, 3.63) is 22.2 Å². The number of hydrogen-bond donors (Lipinski definition) is 2. The Kier molecular flexibility index (Phi) is 5.46. The fraction of sp³-hybridized carbons (Fsp3) is 0.300. The Labute approximate surface area is 132 Å². The highest BCUT2D eigenvalue weighted by atomic mass is 35.5. The number of benzene rings is 1. The molecule has 0 fully saturated rings. The number of hydrogen-bond acceptors (Lipinski definition) is 5. The molecule has 0 saturated carbocycles. The first-order valence-corrected chi connectivity index (χ1v) is 9.31. The van der Waals surface area contributed by atoms with E-state index >= 15 is 0 Å². The lowest BCUT2D eigenvalue weighted by Gasteiger charge is -2.14. The molecule has 1 unspecified atom stereocenters. The number of rotatable bonds is 5. The van der Waals surface area contributed by atoms with Crippen LogP contribution in [0.25, 0.3) is 0 Å². The Morgan fingerprint density at radius 2 is 1.76 bits per heavy atom. The van der Waals surface area contributed by atoms with Gasteiger partial charge in [0.25, 0.3) is 0 Å². The SMILES string of the molecule is CCC(C#N)S(=O)(=O)Nc1c(Cl)cc(S(N)(=O)=O)cc1Cl. The van der Waals surface area contributed by atoms with E-state index in [-0.39, 0.29) is 27.0 Å². The molecule has 0 aliphatic carbocycles. The smallest absolute Gasteiger partial charge is 0.249 e. The van der Waals surface area contributed by atoms with E-state index in [0.29, 0.717) is 0 Å². The molecular weight excluding hydrogens is 361 g/mol. The summed E-state index contributed by atoms with van der Waals surface area (Å²) >= 11 is 11.6. The third-order valence-electron chi connectivity index (χ3n) is 2.48. The summed E-state index contributed by atoms with van der Waals surface area (Å²) < 4.78 is 48.4. The summed E-state index contributed by atoms with van der Waals surface area (Å²) in [5.41, 5.74) is -0.209. The molecule has 0 aromatic heterocycles. The highest BCUT2D eigenvalue weighted by molar-refractivity contribution is 7.93. The van der Waals surface area contributed by atoms with Crippen LogP contribution in [0.5, 0.6) is 0 Å². The third-order valence-corrected chi connectivity index (χ3v) is 5.64. The fourth-order valence-corrected chi connectivity index (χ4v) is 4.02. The van der Waals surface area contributed by atoms with Gasteiger partial charge in [-0.3, -0.25) is 4.72 Å². The van der Waals surface area contributed by atoms with Crippen LogP contribution in [0.15, 0.2) is 17.0 Å². The van der Waals surface area contributed by atoms with Crippen molar-refractivity contribution in [3.63, 3.8) is 0 Å². The number of nitrogens with zero attached hydrogens (tertiary/aromatic N) is 1. The second-order valence-corrected chi connectivity index (χ2v) is 8.22. The van der Waals surface area contributed by atoms with Crippen LogP contribution in [0.3, 0.4) is 0 Å². The predicted molar refractivity (Wildman–Crippen MR) is 80.1 cm³/mol. The molecule has 0 bridgehead atoms. The van der Waals surface area contributed by atoms with E-state index in [1.54, 1.807) is 6.07 Å². The largest absolute Gasteiger partial charge is 0.279 e. The third kappa shape index (κ3) is 4.21. The average molecular weight is 372 g/mol. The number of anilines is 1. The molecule has 7 nitrogen and oxygen atoms in total. The number of nitrogens with one attached hydrogen (secondary N) is 1. The van der Waals surface area contributed by atoms with Gasteiger partial charge in [0, 0.05) is 0 Å². The van der Waals surface area contributed by atoms with E-state index in [1.165, 1.54) is 6.92 Å². The van der Waals surface area contributed by atoms with Gasteiger partial charge in [-0.25, -0.2) is 22.0 Å². The maximum absolute atomic E-state index is 12.0. The van der Waals surface area contributed by atoms with E-state index < -0.39 is 25.3 Å². The molecule has 1 rings (SSSR count). The minimum absolute atomic E-state index is 0.0658. The van der Waals surface area contributed by atoms with Gasteiger partial charge >= 0.3 is 0 Å². The Hall–Kier alpha value is -1.05. The second kappa shape index (κ2) is 6.37. The molecule has 0 amide bonds. The molecule has 21 heavy (non-hydrogen) atoms. The van der Waals surface area contributed by atoms with Gasteiger partial charge in [0.2, 0.25) is 20.0 Å². The van der Waals surface area contributed by atoms with Crippen LogP contribution in [0, 0.1) is 11.3 Å². The standard InChI is InChI=1S/C10H11Cl2N3O4S2/c1-2-6(5-13)21(18,19)15-10-8(11)3-7(4-9(10)12)20(14,16)17/h3-4,6,15H,2H2,1H3,(H2,14,16,17). The molecule has 0 radical (unpaired) electrons.